The maximum atomic E-state index is 11.4. The van der Waals surface area contributed by atoms with E-state index in [4.69, 9.17) is 14.6 Å². The summed E-state index contributed by atoms with van der Waals surface area (Å²) in [5.74, 6) is 0.686. The molecule has 0 saturated carbocycles. The second-order valence-corrected chi connectivity index (χ2v) is 7.14. The van der Waals surface area contributed by atoms with Gasteiger partial charge in [0, 0.05) is 18.6 Å². The first-order valence-electron chi connectivity index (χ1n) is 6.66. The van der Waals surface area contributed by atoms with Gasteiger partial charge in [0.15, 0.2) is 0 Å². The molecule has 0 bridgehead atoms. The number of rotatable bonds is 5. The van der Waals surface area contributed by atoms with E-state index >= 15 is 0 Å². The Balaban J connectivity index is 2.06. The van der Waals surface area contributed by atoms with Crippen LogP contribution in [-0.4, -0.2) is 34.0 Å². The number of hydrogen-bond donors (Lipinski definition) is 1. The molecule has 5 nitrogen and oxygen atoms in total. The van der Waals surface area contributed by atoms with Gasteiger partial charge in [-0.15, -0.1) is 0 Å². The van der Waals surface area contributed by atoms with Crippen LogP contribution in [-0.2, 0) is 14.8 Å². The molecule has 1 fully saturated rings. The van der Waals surface area contributed by atoms with Gasteiger partial charge in [-0.05, 0) is 31.9 Å². The first kappa shape index (κ1) is 15.3. The minimum absolute atomic E-state index is 0.0603. The van der Waals surface area contributed by atoms with Gasteiger partial charge in [-0.1, -0.05) is 17.7 Å². The molecule has 0 spiro atoms. The van der Waals surface area contributed by atoms with Crippen molar-refractivity contribution in [1.82, 2.24) is 0 Å². The first-order valence-corrected chi connectivity index (χ1v) is 8.38. The standard InChI is InChI=1S/C14H21NO4S/c1-12-2-4-13(5-3-12)19-10-14(11-20(15,16)17)6-8-18-9-7-14/h2-5H,6-11H2,1H3,(H2,15,16,17). The van der Waals surface area contributed by atoms with Crippen LogP contribution in [0.2, 0.25) is 0 Å². The van der Waals surface area contributed by atoms with Gasteiger partial charge in [0.2, 0.25) is 10.0 Å². The van der Waals surface area contributed by atoms with Gasteiger partial charge in [-0.25, -0.2) is 13.6 Å². The van der Waals surface area contributed by atoms with Crippen LogP contribution in [0.1, 0.15) is 18.4 Å². The molecule has 0 unspecified atom stereocenters. The van der Waals surface area contributed by atoms with Gasteiger partial charge < -0.3 is 9.47 Å². The molecule has 112 valence electrons. The normalized spacial score (nSPS) is 18.7. The van der Waals surface area contributed by atoms with E-state index < -0.39 is 15.4 Å². The predicted octanol–water partition coefficient (Wildman–Crippen LogP) is 1.46. The molecular formula is C14H21NO4S. The van der Waals surface area contributed by atoms with E-state index in [1.807, 2.05) is 31.2 Å². The molecule has 20 heavy (non-hydrogen) atoms. The lowest BCUT2D eigenvalue weighted by Crippen LogP contribution is -2.42. The molecule has 1 aliphatic rings. The number of sulfonamides is 1. The highest BCUT2D eigenvalue weighted by atomic mass is 32.2. The molecule has 6 heteroatoms. The third kappa shape index (κ3) is 4.47. The zero-order chi connectivity index (χ0) is 14.6. The summed E-state index contributed by atoms with van der Waals surface area (Å²) in [5.41, 5.74) is 0.708. The number of aryl methyl sites for hydroxylation is 1. The summed E-state index contributed by atoms with van der Waals surface area (Å²) in [5, 5.41) is 5.22. The molecule has 0 aliphatic carbocycles. The van der Waals surface area contributed by atoms with E-state index in [1.165, 1.54) is 0 Å². The Morgan fingerprint density at radius 1 is 1.25 bits per heavy atom. The molecule has 1 aliphatic heterocycles. The van der Waals surface area contributed by atoms with E-state index in [0.29, 0.717) is 32.7 Å². The van der Waals surface area contributed by atoms with Gasteiger partial charge in [0.25, 0.3) is 0 Å². The minimum Gasteiger partial charge on any atom is -0.493 e. The van der Waals surface area contributed by atoms with Crippen molar-refractivity contribution < 1.29 is 17.9 Å². The van der Waals surface area contributed by atoms with Crippen LogP contribution in [0.3, 0.4) is 0 Å². The van der Waals surface area contributed by atoms with E-state index in [2.05, 4.69) is 0 Å². The van der Waals surface area contributed by atoms with Gasteiger partial charge in [0.05, 0.1) is 12.4 Å². The highest BCUT2D eigenvalue weighted by Crippen LogP contribution is 2.32. The zero-order valence-corrected chi connectivity index (χ0v) is 12.5. The van der Waals surface area contributed by atoms with Crippen molar-refractivity contribution in [3.8, 4) is 5.75 Å². The predicted molar refractivity (Wildman–Crippen MR) is 77.1 cm³/mol. The summed E-state index contributed by atoms with van der Waals surface area (Å²) in [6, 6.07) is 7.70. The third-order valence-electron chi connectivity index (χ3n) is 3.63. The van der Waals surface area contributed by atoms with Crippen LogP contribution in [0, 0.1) is 12.3 Å². The monoisotopic (exact) mass is 299 g/mol. The zero-order valence-electron chi connectivity index (χ0n) is 11.7. The number of benzene rings is 1. The van der Waals surface area contributed by atoms with Crippen molar-refractivity contribution in [1.29, 1.82) is 0 Å². The van der Waals surface area contributed by atoms with Crippen molar-refractivity contribution >= 4 is 10.0 Å². The molecule has 1 aromatic rings. The molecule has 0 atom stereocenters. The fourth-order valence-electron chi connectivity index (χ4n) is 2.43. The molecule has 2 N–H and O–H groups in total. The second kappa shape index (κ2) is 6.11. The molecule has 1 heterocycles. The number of nitrogens with two attached hydrogens (primary N) is 1. The van der Waals surface area contributed by atoms with Crippen LogP contribution in [0.25, 0.3) is 0 Å². The molecule has 0 aromatic heterocycles. The van der Waals surface area contributed by atoms with E-state index in [0.717, 1.165) is 11.3 Å². The minimum atomic E-state index is -3.53. The summed E-state index contributed by atoms with van der Waals surface area (Å²) < 4.78 is 34.0. The molecule has 1 aromatic carbocycles. The first-order chi connectivity index (χ1) is 9.39. The lowest BCUT2D eigenvalue weighted by atomic mass is 9.83. The van der Waals surface area contributed by atoms with Gasteiger partial charge >= 0.3 is 0 Å². The Morgan fingerprint density at radius 3 is 2.40 bits per heavy atom. The SMILES string of the molecule is Cc1ccc(OCC2(CS(N)(=O)=O)CCOCC2)cc1. The van der Waals surface area contributed by atoms with E-state index in [-0.39, 0.29) is 5.75 Å². The molecule has 2 rings (SSSR count). The average Bonchev–Trinajstić information content (AvgIpc) is 2.37. The molecule has 1 saturated heterocycles. The van der Waals surface area contributed by atoms with Crippen LogP contribution in [0.5, 0.6) is 5.75 Å². The lowest BCUT2D eigenvalue weighted by Gasteiger charge is -2.36. The van der Waals surface area contributed by atoms with Crippen LogP contribution in [0.15, 0.2) is 24.3 Å². The summed E-state index contributed by atoms with van der Waals surface area (Å²) in [6.45, 7) is 3.44. The quantitative estimate of drug-likeness (QED) is 0.892. The van der Waals surface area contributed by atoms with Crippen LogP contribution >= 0.6 is 0 Å². The summed E-state index contributed by atoms with van der Waals surface area (Å²) >= 11 is 0. The summed E-state index contributed by atoms with van der Waals surface area (Å²) in [4.78, 5) is 0. The maximum absolute atomic E-state index is 11.4. The van der Waals surface area contributed by atoms with Crippen molar-refractivity contribution in [2.75, 3.05) is 25.6 Å². The summed E-state index contributed by atoms with van der Waals surface area (Å²) in [7, 11) is -3.53. The van der Waals surface area contributed by atoms with Crippen molar-refractivity contribution in [3.05, 3.63) is 29.8 Å². The number of hydrogen-bond acceptors (Lipinski definition) is 4. The Morgan fingerprint density at radius 2 is 1.85 bits per heavy atom. The Bertz CT molecular complexity index is 533. The molecular weight excluding hydrogens is 278 g/mol. The fourth-order valence-corrected chi connectivity index (χ4v) is 3.66. The van der Waals surface area contributed by atoms with Crippen LogP contribution < -0.4 is 9.88 Å². The summed E-state index contributed by atoms with van der Waals surface area (Å²) in [6.07, 6.45) is 1.30. The van der Waals surface area contributed by atoms with Crippen molar-refractivity contribution in [2.45, 2.75) is 19.8 Å². The molecule has 0 amide bonds. The third-order valence-corrected chi connectivity index (χ3v) is 4.64. The number of ether oxygens (including phenoxy) is 2. The topological polar surface area (TPSA) is 78.6 Å². The maximum Gasteiger partial charge on any atom is 0.209 e. The van der Waals surface area contributed by atoms with E-state index in [9.17, 15) is 8.42 Å². The highest BCUT2D eigenvalue weighted by molar-refractivity contribution is 7.89. The van der Waals surface area contributed by atoms with Gasteiger partial charge in [-0.3, -0.25) is 0 Å². The van der Waals surface area contributed by atoms with Crippen LogP contribution in [0.4, 0.5) is 0 Å². The molecule has 0 radical (unpaired) electrons. The van der Waals surface area contributed by atoms with Crippen molar-refractivity contribution in [2.24, 2.45) is 10.6 Å². The Labute approximate surface area is 120 Å². The smallest absolute Gasteiger partial charge is 0.209 e. The largest absolute Gasteiger partial charge is 0.493 e. The van der Waals surface area contributed by atoms with Gasteiger partial charge in [-0.2, -0.15) is 0 Å². The Hall–Kier alpha value is -1.11. The van der Waals surface area contributed by atoms with E-state index in [1.54, 1.807) is 0 Å². The second-order valence-electron chi connectivity index (χ2n) is 5.52. The Kier molecular flexibility index (Phi) is 4.67. The highest BCUT2D eigenvalue weighted by Gasteiger charge is 2.37. The van der Waals surface area contributed by atoms with Gasteiger partial charge in [0.1, 0.15) is 5.75 Å². The fraction of sp³-hybridized carbons (Fsp3) is 0.571. The lowest BCUT2D eigenvalue weighted by molar-refractivity contribution is 0.00209. The number of primary sulfonamides is 1. The van der Waals surface area contributed by atoms with Crippen molar-refractivity contribution in [3.63, 3.8) is 0 Å². The average molecular weight is 299 g/mol.